The van der Waals surface area contributed by atoms with Crippen LogP contribution in [0.3, 0.4) is 0 Å². The third-order valence-electron chi connectivity index (χ3n) is 3.51. The summed E-state index contributed by atoms with van der Waals surface area (Å²) in [5, 5.41) is 6.52. The molecule has 2 amide bonds. The molecule has 7 nitrogen and oxygen atoms in total. The number of rotatable bonds is 2. The van der Waals surface area contributed by atoms with Crippen LogP contribution < -0.4 is 10.2 Å². The summed E-state index contributed by atoms with van der Waals surface area (Å²) >= 11 is 0. The number of carbonyl (C=O) groups is 2. The van der Waals surface area contributed by atoms with E-state index in [-0.39, 0.29) is 18.1 Å². The van der Waals surface area contributed by atoms with E-state index in [0.29, 0.717) is 22.9 Å². The van der Waals surface area contributed by atoms with Crippen LogP contribution in [-0.4, -0.2) is 23.5 Å². The van der Waals surface area contributed by atoms with Gasteiger partial charge in [-0.05, 0) is 24.3 Å². The molecule has 0 fully saturated rings. The fraction of sp³-hybridized carbons (Fsp3) is 0.0625. The molecular weight excluding hydrogens is 298 g/mol. The van der Waals surface area contributed by atoms with Crippen LogP contribution in [0, 0.1) is 0 Å². The van der Waals surface area contributed by atoms with Gasteiger partial charge in [-0.3, -0.25) is 14.5 Å². The second-order valence-corrected chi connectivity index (χ2v) is 5.01. The minimum Gasteiger partial charge on any atom is -0.461 e. The molecule has 3 heterocycles. The van der Waals surface area contributed by atoms with Gasteiger partial charge in [0, 0.05) is 6.07 Å². The van der Waals surface area contributed by atoms with Crippen LogP contribution in [0.1, 0.15) is 10.5 Å². The third kappa shape index (κ3) is 2.28. The SMILES string of the molecule is O=C1CN(C(=O)c2cc(-c3ccco3)on2)c2ccccc2N1. The molecule has 3 aromatic rings. The first-order valence-electron chi connectivity index (χ1n) is 6.94. The predicted octanol–water partition coefficient (Wildman–Crippen LogP) is 2.53. The van der Waals surface area contributed by atoms with E-state index in [1.807, 2.05) is 0 Å². The Labute approximate surface area is 130 Å². The standard InChI is InChI=1S/C16H11N3O4/c20-15-9-19(12-5-2-1-4-10(12)17-15)16(21)11-8-14(23-18-11)13-6-3-7-22-13/h1-8H,9H2,(H,17,20). The molecule has 0 saturated heterocycles. The highest BCUT2D eigenvalue weighted by Gasteiger charge is 2.29. The molecule has 0 atom stereocenters. The van der Waals surface area contributed by atoms with Gasteiger partial charge in [0.05, 0.1) is 17.6 Å². The Morgan fingerprint density at radius 3 is 2.87 bits per heavy atom. The van der Waals surface area contributed by atoms with Crippen molar-refractivity contribution in [1.82, 2.24) is 5.16 Å². The monoisotopic (exact) mass is 309 g/mol. The first-order valence-corrected chi connectivity index (χ1v) is 6.94. The minimum absolute atomic E-state index is 0.0706. The third-order valence-corrected chi connectivity index (χ3v) is 3.51. The smallest absolute Gasteiger partial charge is 0.281 e. The maximum atomic E-state index is 12.7. The van der Waals surface area contributed by atoms with Crippen molar-refractivity contribution in [2.45, 2.75) is 0 Å². The summed E-state index contributed by atoms with van der Waals surface area (Å²) in [6, 6.07) is 12.0. The van der Waals surface area contributed by atoms with Crippen molar-refractivity contribution >= 4 is 23.2 Å². The molecule has 0 saturated carbocycles. The molecule has 0 unspecified atom stereocenters. The van der Waals surface area contributed by atoms with E-state index in [9.17, 15) is 9.59 Å². The number of hydrogen-bond donors (Lipinski definition) is 1. The van der Waals surface area contributed by atoms with E-state index in [2.05, 4.69) is 10.5 Å². The Morgan fingerprint density at radius 2 is 2.04 bits per heavy atom. The molecule has 1 aliphatic rings. The molecule has 1 N–H and O–H groups in total. The number of fused-ring (bicyclic) bond motifs is 1. The molecule has 2 aromatic heterocycles. The van der Waals surface area contributed by atoms with Gasteiger partial charge in [-0.15, -0.1) is 0 Å². The van der Waals surface area contributed by atoms with Crippen molar-refractivity contribution < 1.29 is 18.5 Å². The topological polar surface area (TPSA) is 88.6 Å². The normalized spacial score (nSPS) is 13.6. The van der Waals surface area contributed by atoms with Crippen LogP contribution in [-0.2, 0) is 4.79 Å². The van der Waals surface area contributed by atoms with Crippen LogP contribution in [0.15, 0.2) is 57.7 Å². The highest BCUT2D eigenvalue weighted by Crippen LogP contribution is 2.30. The average Bonchev–Trinajstić information content (AvgIpc) is 3.24. The number of benzene rings is 1. The predicted molar refractivity (Wildman–Crippen MR) is 81.0 cm³/mol. The Morgan fingerprint density at radius 1 is 1.17 bits per heavy atom. The number of aromatic nitrogens is 1. The van der Waals surface area contributed by atoms with Gasteiger partial charge < -0.3 is 14.3 Å². The Bertz CT molecular complexity index is 882. The van der Waals surface area contributed by atoms with Crippen LogP contribution in [0.4, 0.5) is 11.4 Å². The maximum absolute atomic E-state index is 12.7. The largest absolute Gasteiger partial charge is 0.461 e. The number of furan rings is 1. The van der Waals surface area contributed by atoms with Gasteiger partial charge in [0.15, 0.2) is 11.5 Å². The first-order chi connectivity index (χ1) is 11.2. The quantitative estimate of drug-likeness (QED) is 0.786. The van der Waals surface area contributed by atoms with E-state index >= 15 is 0 Å². The fourth-order valence-corrected chi connectivity index (χ4v) is 2.46. The van der Waals surface area contributed by atoms with E-state index < -0.39 is 5.91 Å². The van der Waals surface area contributed by atoms with Gasteiger partial charge in [0.2, 0.25) is 11.7 Å². The summed E-state index contributed by atoms with van der Waals surface area (Å²) in [5.41, 5.74) is 1.33. The van der Waals surface area contributed by atoms with E-state index in [1.165, 1.54) is 17.2 Å². The molecule has 4 rings (SSSR count). The van der Waals surface area contributed by atoms with Gasteiger partial charge in [0.1, 0.15) is 6.54 Å². The molecule has 0 spiro atoms. The van der Waals surface area contributed by atoms with Crippen molar-refractivity contribution in [2.75, 3.05) is 16.8 Å². The van der Waals surface area contributed by atoms with Crippen molar-refractivity contribution in [1.29, 1.82) is 0 Å². The Hall–Kier alpha value is -3.35. The molecule has 114 valence electrons. The summed E-state index contributed by atoms with van der Waals surface area (Å²) < 4.78 is 10.4. The molecular formula is C16H11N3O4. The van der Waals surface area contributed by atoms with Crippen LogP contribution in [0.25, 0.3) is 11.5 Å². The number of hydrogen-bond acceptors (Lipinski definition) is 5. The first kappa shape index (κ1) is 13.3. The van der Waals surface area contributed by atoms with E-state index in [1.54, 1.807) is 36.4 Å². The van der Waals surface area contributed by atoms with Gasteiger partial charge >= 0.3 is 0 Å². The van der Waals surface area contributed by atoms with Crippen molar-refractivity contribution in [2.24, 2.45) is 0 Å². The summed E-state index contributed by atoms with van der Waals surface area (Å²) in [6.07, 6.45) is 1.50. The number of nitrogens with zero attached hydrogens (tertiary/aromatic N) is 2. The maximum Gasteiger partial charge on any atom is 0.281 e. The molecule has 0 radical (unpaired) electrons. The van der Waals surface area contributed by atoms with Crippen LogP contribution in [0.2, 0.25) is 0 Å². The Kier molecular flexibility index (Phi) is 2.97. The molecule has 7 heteroatoms. The number of anilines is 2. The molecule has 23 heavy (non-hydrogen) atoms. The Balaban J connectivity index is 1.68. The number of amides is 2. The highest BCUT2D eigenvalue weighted by molar-refractivity contribution is 6.14. The second-order valence-electron chi connectivity index (χ2n) is 5.01. The number of para-hydroxylation sites is 2. The lowest BCUT2D eigenvalue weighted by Crippen LogP contribution is -2.42. The lowest BCUT2D eigenvalue weighted by atomic mass is 10.1. The van der Waals surface area contributed by atoms with E-state index in [4.69, 9.17) is 8.94 Å². The minimum atomic E-state index is -0.408. The zero-order chi connectivity index (χ0) is 15.8. The van der Waals surface area contributed by atoms with Crippen molar-refractivity contribution in [3.63, 3.8) is 0 Å². The summed E-state index contributed by atoms with van der Waals surface area (Å²) in [7, 11) is 0. The number of carbonyl (C=O) groups excluding carboxylic acids is 2. The molecule has 0 aliphatic carbocycles. The zero-order valence-corrected chi connectivity index (χ0v) is 11.9. The van der Waals surface area contributed by atoms with Crippen molar-refractivity contribution in [3.05, 3.63) is 54.4 Å². The molecule has 0 bridgehead atoms. The molecule has 1 aromatic carbocycles. The van der Waals surface area contributed by atoms with Gasteiger partial charge in [-0.2, -0.15) is 0 Å². The lowest BCUT2D eigenvalue weighted by molar-refractivity contribution is -0.115. The van der Waals surface area contributed by atoms with Gasteiger partial charge in [0.25, 0.3) is 5.91 Å². The number of nitrogens with one attached hydrogen (secondary N) is 1. The summed E-state index contributed by atoms with van der Waals surface area (Å²) in [5.74, 6) is 0.169. The summed E-state index contributed by atoms with van der Waals surface area (Å²) in [4.78, 5) is 25.9. The van der Waals surface area contributed by atoms with Crippen LogP contribution >= 0.6 is 0 Å². The fourth-order valence-electron chi connectivity index (χ4n) is 2.46. The zero-order valence-electron chi connectivity index (χ0n) is 11.9. The molecule has 1 aliphatic heterocycles. The van der Waals surface area contributed by atoms with E-state index in [0.717, 1.165) is 0 Å². The van der Waals surface area contributed by atoms with Crippen LogP contribution in [0.5, 0.6) is 0 Å². The summed E-state index contributed by atoms with van der Waals surface area (Å²) in [6.45, 7) is -0.0706. The second kappa shape index (κ2) is 5.13. The van der Waals surface area contributed by atoms with Gasteiger partial charge in [-0.25, -0.2) is 0 Å². The lowest BCUT2D eigenvalue weighted by Gasteiger charge is -2.28. The highest BCUT2D eigenvalue weighted by atomic mass is 16.5. The van der Waals surface area contributed by atoms with Gasteiger partial charge in [-0.1, -0.05) is 17.3 Å². The van der Waals surface area contributed by atoms with Crippen molar-refractivity contribution in [3.8, 4) is 11.5 Å². The average molecular weight is 309 g/mol.